The van der Waals surface area contributed by atoms with Gasteiger partial charge < -0.3 is 9.47 Å². The summed E-state index contributed by atoms with van der Waals surface area (Å²) in [4.78, 5) is 10.8. The number of aldehydes is 1. The first kappa shape index (κ1) is 14.6. The summed E-state index contributed by atoms with van der Waals surface area (Å²) >= 11 is 0. The number of ether oxygens (including phenoxy) is 2. The quantitative estimate of drug-likeness (QED) is 0.493. The molecule has 0 amide bonds. The minimum absolute atomic E-state index is 0.615. The number of benzene rings is 1. The van der Waals surface area contributed by atoms with Gasteiger partial charge in [-0.3, -0.25) is 4.79 Å². The first-order valence-corrected chi connectivity index (χ1v) is 6.66. The standard InChI is InChI=1S/C15H22O3/c1-3-5-9-17-14-8-7-13(12-16)11-15(14)18-10-6-4-2/h7-8,11-12H,3-6,9-10H2,1-2H3. The summed E-state index contributed by atoms with van der Waals surface area (Å²) in [7, 11) is 0. The van der Waals surface area contributed by atoms with E-state index in [4.69, 9.17) is 9.47 Å². The molecule has 0 aliphatic rings. The summed E-state index contributed by atoms with van der Waals surface area (Å²) in [5, 5.41) is 0. The summed E-state index contributed by atoms with van der Waals surface area (Å²) < 4.78 is 11.3. The Labute approximate surface area is 109 Å². The molecule has 0 fully saturated rings. The lowest BCUT2D eigenvalue weighted by Crippen LogP contribution is -2.02. The molecule has 0 aliphatic carbocycles. The number of hydrogen-bond donors (Lipinski definition) is 0. The van der Waals surface area contributed by atoms with Crippen LogP contribution in [0.3, 0.4) is 0 Å². The zero-order chi connectivity index (χ0) is 13.2. The van der Waals surface area contributed by atoms with Gasteiger partial charge in [0.1, 0.15) is 6.29 Å². The third-order valence-corrected chi connectivity index (χ3v) is 2.61. The van der Waals surface area contributed by atoms with E-state index in [0.29, 0.717) is 24.5 Å². The third kappa shape index (κ3) is 4.78. The molecule has 100 valence electrons. The van der Waals surface area contributed by atoms with Gasteiger partial charge >= 0.3 is 0 Å². The topological polar surface area (TPSA) is 35.5 Å². The first-order chi connectivity index (χ1) is 8.81. The number of hydrogen-bond acceptors (Lipinski definition) is 3. The average molecular weight is 250 g/mol. The molecule has 0 radical (unpaired) electrons. The Balaban J connectivity index is 2.69. The highest BCUT2D eigenvalue weighted by atomic mass is 16.5. The highest BCUT2D eigenvalue weighted by Gasteiger charge is 2.06. The largest absolute Gasteiger partial charge is 0.490 e. The second-order valence-electron chi connectivity index (χ2n) is 4.23. The van der Waals surface area contributed by atoms with Gasteiger partial charge in [0.2, 0.25) is 0 Å². The Morgan fingerprint density at radius 2 is 1.61 bits per heavy atom. The van der Waals surface area contributed by atoms with E-state index in [1.807, 2.05) is 0 Å². The van der Waals surface area contributed by atoms with Crippen molar-refractivity contribution in [2.45, 2.75) is 39.5 Å². The van der Waals surface area contributed by atoms with Crippen LogP contribution in [-0.4, -0.2) is 19.5 Å². The lowest BCUT2D eigenvalue weighted by molar-refractivity contribution is 0.112. The van der Waals surface area contributed by atoms with Crippen LogP contribution >= 0.6 is 0 Å². The van der Waals surface area contributed by atoms with E-state index in [1.165, 1.54) is 0 Å². The second kappa shape index (κ2) is 8.56. The summed E-state index contributed by atoms with van der Waals surface area (Å²) in [6.07, 6.45) is 5.02. The van der Waals surface area contributed by atoms with Crippen molar-refractivity contribution < 1.29 is 14.3 Å². The molecule has 1 aromatic rings. The van der Waals surface area contributed by atoms with Gasteiger partial charge in [0, 0.05) is 5.56 Å². The molecule has 1 rings (SSSR count). The summed E-state index contributed by atoms with van der Waals surface area (Å²) in [6, 6.07) is 5.30. The van der Waals surface area contributed by atoms with Crippen LogP contribution < -0.4 is 9.47 Å². The van der Waals surface area contributed by atoms with Gasteiger partial charge in [0.25, 0.3) is 0 Å². The van der Waals surface area contributed by atoms with Crippen LogP contribution in [0.15, 0.2) is 18.2 Å². The molecule has 0 aromatic heterocycles. The molecule has 0 unspecified atom stereocenters. The highest BCUT2D eigenvalue weighted by molar-refractivity contribution is 5.76. The lowest BCUT2D eigenvalue weighted by Gasteiger charge is -2.12. The molecule has 0 heterocycles. The fourth-order valence-electron chi connectivity index (χ4n) is 1.48. The maximum Gasteiger partial charge on any atom is 0.161 e. The first-order valence-electron chi connectivity index (χ1n) is 6.66. The van der Waals surface area contributed by atoms with Crippen LogP contribution in [0.5, 0.6) is 11.5 Å². The van der Waals surface area contributed by atoms with Crippen molar-refractivity contribution in [1.82, 2.24) is 0 Å². The summed E-state index contributed by atoms with van der Waals surface area (Å²) in [6.45, 7) is 5.57. The molecule has 0 saturated heterocycles. The number of unbranched alkanes of at least 4 members (excludes halogenated alkanes) is 2. The van der Waals surface area contributed by atoms with E-state index in [9.17, 15) is 4.79 Å². The molecule has 0 saturated carbocycles. The molecule has 0 bridgehead atoms. The predicted octanol–water partition coefficient (Wildman–Crippen LogP) is 3.86. The van der Waals surface area contributed by atoms with Crippen LogP contribution in [0.4, 0.5) is 0 Å². The molecular formula is C15H22O3. The molecule has 0 aliphatic heterocycles. The molecule has 1 aromatic carbocycles. The van der Waals surface area contributed by atoms with Crippen LogP contribution in [0.1, 0.15) is 49.9 Å². The van der Waals surface area contributed by atoms with Crippen molar-refractivity contribution >= 4 is 6.29 Å². The zero-order valence-corrected chi connectivity index (χ0v) is 11.3. The smallest absolute Gasteiger partial charge is 0.161 e. The monoisotopic (exact) mass is 250 g/mol. The highest BCUT2D eigenvalue weighted by Crippen LogP contribution is 2.28. The van der Waals surface area contributed by atoms with Crippen molar-refractivity contribution in [3.63, 3.8) is 0 Å². The normalized spacial score (nSPS) is 10.1. The van der Waals surface area contributed by atoms with E-state index in [0.717, 1.165) is 37.7 Å². The third-order valence-electron chi connectivity index (χ3n) is 2.61. The van der Waals surface area contributed by atoms with Crippen LogP contribution in [0, 0.1) is 0 Å². The minimum Gasteiger partial charge on any atom is -0.490 e. The van der Waals surface area contributed by atoms with Gasteiger partial charge in [-0.15, -0.1) is 0 Å². The van der Waals surface area contributed by atoms with E-state index in [2.05, 4.69) is 13.8 Å². The zero-order valence-electron chi connectivity index (χ0n) is 11.3. The Morgan fingerprint density at radius 1 is 1.00 bits per heavy atom. The molecule has 0 atom stereocenters. The Hall–Kier alpha value is -1.51. The fraction of sp³-hybridized carbons (Fsp3) is 0.533. The number of carbonyl (C=O) groups excluding carboxylic acids is 1. The number of rotatable bonds is 9. The van der Waals surface area contributed by atoms with E-state index in [-0.39, 0.29) is 0 Å². The molecule has 3 nitrogen and oxygen atoms in total. The van der Waals surface area contributed by atoms with Crippen molar-refractivity contribution in [2.75, 3.05) is 13.2 Å². The predicted molar refractivity (Wildman–Crippen MR) is 72.6 cm³/mol. The Bertz CT molecular complexity index is 361. The molecule has 0 spiro atoms. The van der Waals surface area contributed by atoms with E-state index >= 15 is 0 Å². The number of carbonyl (C=O) groups is 1. The van der Waals surface area contributed by atoms with Gasteiger partial charge in [-0.05, 0) is 31.0 Å². The van der Waals surface area contributed by atoms with Crippen molar-refractivity contribution in [3.8, 4) is 11.5 Å². The maximum atomic E-state index is 10.8. The Kier molecular flexibility index (Phi) is 6.92. The van der Waals surface area contributed by atoms with Crippen molar-refractivity contribution in [3.05, 3.63) is 23.8 Å². The van der Waals surface area contributed by atoms with E-state index < -0.39 is 0 Å². The lowest BCUT2D eigenvalue weighted by atomic mass is 10.2. The fourth-order valence-corrected chi connectivity index (χ4v) is 1.48. The molecule has 3 heteroatoms. The van der Waals surface area contributed by atoms with Crippen LogP contribution in [0.25, 0.3) is 0 Å². The molecular weight excluding hydrogens is 228 g/mol. The summed E-state index contributed by atoms with van der Waals surface area (Å²) in [5.41, 5.74) is 0.615. The van der Waals surface area contributed by atoms with Gasteiger partial charge in [-0.1, -0.05) is 26.7 Å². The van der Waals surface area contributed by atoms with Crippen LogP contribution in [-0.2, 0) is 0 Å². The van der Waals surface area contributed by atoms with Gasteiger partial charge in [0.05, 0.1) is 13.2 Å². The van der Waals surface area contributed by atoms with Crippen molar-refractivity contribution in [1.29, 1.82) is 0 Å². The van der Waals surface area contributed by atoms with Crippen molar-refractivity contribution in [2.24, 2.45) is 0 Å². The van der Waals surface area contributed by atoms with Gasteiger partial charge in [0.15, 0.2) is 11.5 Å². The molecule has 0 N–H and O–H groups in total. The van der Waals surface area contributed by atoms with Gasteiger partial charge in [-0.25, -0.2) is 0 Å². The maximum absolute atomic E-state index is 10.8. The average Bonchev–Trinajstić information content (AvgIpc) is 2.40. The SMILES string of the molecule is CCCCOc1ccc(C=O)cc1OCCCC. The van der Waals surface area contributed by atoms with Crippen LogP contribution in [0.2, 0.25) is 0 Å². The minimum atomic E-state index is 0.615. The van der Waals surface area contributed by atoms with E-state index in [1.54, 1.807) is 18.2 Å². The second-order valence-corrected chi connectivity index (χ2v) is 4.23. The summed E-state index contributed by atoms with van der Waals surface area (Å²) in [5.74, 6) is 1.40. The van der Waals surface area contributed by atoms with Gasteiger partial charge in [-0.2, -0.15) is 0 Å². The molecule has 18 heavy (non-hydrogen) atoms. The Morgan fingerprint density at radius 3 is 2.17 bits per heavy atom.